The van der Waals surface area contributed by atoms with Crippen molar-refractivity contribution in [2.24, 2.45) is 0 Å². The molecule has 0 aliphatic rings. The maximum absolute atomic E-state index is 12.4. The van der Waals surface area contributed by atoms with Crippen molar-refractivity contribution in [3.63, 3.8) is 0 Å². The van der Waals surface area contributed by atoms with Crippen LogP contribution in [0.15, 0.2) is 78.2 Å². The van der Waals surface area contributed by atoms with Crippen molar-refractivity contribution < 1.29 is 4.79 Å². The number of hydrogen-bond acceptors (Lipinski definition) is 5. The van der Waals surface area contributed by atoms with Gasteiger partial charge in [-0.3, -0.25) is 4.79 Å². The number of carbonyl (C=O) groups is 1. The number of benzene rings is 2. The summed E-state index contributed by atoms with van der Waals surface area (Å²) >= 11 is 7.55. The number of fused-ring (bicyclic) bond motifs is 1. The maximum Gasteiger partial charge on any atom is 0.255 e. The van der Waals surface area contributed by atoms with Crippen molar-refractivity contribution in [2.45, 2.75) is 0 Å². The first-order chi connectivity index (χ1) is 14.7. The molecule has 5 rings (SSSR count). The van der Waals surface area contributed by atoms with Gasteiger partial charge in [-0.2, -0.15) is 9.61 Å². The van der Waals surface area contributed by atoms with Crippen molar-refractivity contribution in [2.75, 3.05) is 5.32 Å². The van der Waals surface area contributed by atoms with Crippen LogP contribution in [0.25, 0.3) is 27.6 Å². The third kappa shape index (κ3) is 3.56. The van der Waals surface area contributed by atoms with Gasteiger partial charge < -0.3 is 5.32 Å². The molecule has 0 aliphatic heterocycles. The molecule has 1 amide bonds. The number of carbonyl (C=O) groups excluding carboxylic acids is 1. The first-order valence-corrected chi connectivity index (χ1v) is 10.4. The number of aromatic nitrogens is 4. The number of hydrogen-bond donors (Lipinski definition) is 1. The van der Waals surface area contributed by atoms with Gasteiger partial charge in [0.05, 0.1) is 10.6 Å². The van der Waals surface area contributed by atoms with Crippen LogP contribution in [-0.4, -0.2) is 25.7 Å². The molecule has 0 radical (unpaired) electrons. The van der Waals surface area contributed by atoms with Gasteiger partial charge >= 0.3 is 0 Å². The van der Waals surface area contributed by atoms with E-state index in [0.717, 1.165) is 16.1 Å². The molecule has 30 heavy (non-hydrogen) atoms. The van der Waals surface area contributed by atoms with Gasteiger partial charge in [0.15, 0.2) is 11.5 Å². The van der Waals surface area contributed by atoms with Crippen molar-refractivity contribution in [1.29, 1.82) is 0 Å². The van der Waals surface area contributed by atoms with Crippen molar-refractivity contribution in [3.05, 3.63) is 88.8 Å². The van der Waals surface area contributed by atoms with E-state index < -0.39 is 0 Å². The molecule has 0 spiro atoms. The third-order valence-electron chi connectivity index (χ3n) is 4.53. The minimum Gasteiger partial charge on any atom is -0.322 e. The van der Waals surface area contributed by atoms with Crippen molar-refractivity contribution >= 4 is 40.2 Å². The minimum atomic E-state index is -0.213. The second kappa shape index (κ2) is 7.70. The van der Waals surface area contributed by atoms with Gasteiger partial charge in [0.2, 0.25) is 0 Å². The van der Waals surface area contributed by atoms with Crippen LogP contribution in [0.5, 0.6) is 0 Å². The number of nitrogens with zero attached hydrogens (tertiary/aromatic N) is 4. The summed E-state index contributed by atoms with van der Waals surface area (Å²) in [6.45, 7) is 0. The highest BCUT2D eigenvalue weighted by Crippen LogP contribution is 2.25. The molecule has 0 saturated heterocycles. The lowest BCUT2D eigenvalue weighted by atomic mass is 10.1. The van der Waals surface area contributed by atoms with Gasteiger partial charge in [-0.25, -0.2) is 0 Å². The Kier molecular flexibility index (Phi) is 4.74. The molecule has 8 heteroatoms. The molecule has 5 aromatic rings. The van der Waals surface area contributed by atoms with E-state index in [2.05, 4.69) is 15.5 Å². The Bertz CT molecular complexity index is 1350. The zero-order valence-corrected chi connectivity index (χ0v) is 17.1. The third-order valence-corrected chi connectivity index (χ3v) is 5.63. The van der Waals surface area contributed by atoms with E-state index in [4.69, 9.17) is 16.7 Å². The monoisotopic (exact) mass is 431 g/mol. The van der Waals surface area contributed by atoms with Crippen LogP contribution in [-0.2, 0) is 0 Å². The van der Waals surface area contributed by atoms with E-state index in [1.165, 1.54) is 0 Å². The maximum atomic E-state index is 12.4. The highest BCUT2D eigenvalue weighted by molar-refractivity contribution is 7.13. The molecule has 3 aromatic heterocycles. The Balaban J connectivity index is 1.41. The summed E-state index contributed by atoms with van der Waals surface area (Å²) in [6, 6.07) is 22.1. The minimum absolute atomic E-state index is 0.213. The standard InChI is InChI=1S/C22H14ClN5OS/c23-16-4-1-3-15(13-16)22(29)24-17-8-6-14(7-9-17)18-10-11-20-25-26-21(28(20)27-18)19-5-2-12-30-19/h1-13H,(H,24,29). The van der Waals surface area contributed by atoms with Crippen LogP contribution >= 0.6 is 22.9 Å². The van der Waals surface area contributed by atoms with Gasteiger partial charge in [0.1, 0.15) is 0 Å². The van der Waals surface area contributed by atoms with E-state index in [-0.39, 0.29) is 5.91 Å². The summed E-state index contributed by atoms with van der Waals surface area (Å²) in [5.41, 5.74) is 3.59. The Morgan fingerprint density at radius 2 is 1.83 bits per heavy atom. The second-order valence-electron chi connectivity index (χ2n) is 6.53. The fourth-order valence-corrected chi connectivity index (χ4v) is 3.94. The number of rotatable bonds is 4. The molecular weight excluding hydrogens is 418 g/mol. The molecule has 6 nitrogen and oxygen atoms in total. The smallest absolute Gasteiger partial charge is 0.255 e. The molecule has 2 aromatic carbocycles. The number of nitrogens with one attached hydrogen (secondary N) is 1. The lowest BCUT2D eigenvalue weighted by Gasteiger charge is -2.07. The Hall–Kier alpha value is -3.55. The highest BCUT2D eigenvalue weighted by atomic mass is 35.5. The molecule has 0 bridgehead atoms. The zero-order chi connectivity index (χ0) is 20.5. The fraction of sp³-hybridized carbons (Fsp3) is 0. The van der Waals surface area contributed by atoms with Gasteiger partial charge in [-0.05, 0) is 53.9 Å². The largest absolute Gasteiger partial charge is 0.322 e. The van der Waals surface area contributed by atoms with Crippen LogP contribution in [0.4, 0.5) is 5.69 Å². The molecule has 3 heterocycles. The van der Waals surface area contributed by atoms with Gasteiger partial charge in [0, 0.05) is 21.8 Å². The summed E-state index contributed by atoms with van der Waals surface area (Å²) < 4.78 is 1.75. The van der Waals surface area contributed by atoms with Gasteiger partial charge in [-0.15, -0.1) is 21.5 Å². The topological polar surface area (TPSA) is 72.2 Å². The lowest BCUT2D eigenvalue weighted by molar-refractivity contribution is 0.102. The summed E-state index contributed by atoms with van der Waals surface area (Å²) in [5.74, 6) is 0.502. The predicted octanol–water partition coefficient (Wildman–Crippen LogP) is 5.43. The van der Waals surface area contributed by atoms with Crippen LogP contribution in [0, 0.1) is 0 Å². The molecule has 1 N–H and O–H groups in total. The molecule has 146 valence electrons. The normalized spacial score (nSPS) is 11.0. The Labute approximate surface area is 180 Å². The zero-order valence-electron chi connectivity index (χ0n) is 15.5. The van der Waals surface area contributed by atoms with Gasteiger partial charge in [0.25, 0.3) is 5.91 Å². The summed E-state index contributed by atoms with van der Waals surface area (Å²) in [5, 5.41) is 18.6. The van der Waals surface area contributed by atoms with Crippen molar-refractivity contribution in [1.82, 2.24) is 19.8 Å². The highest BCUT2D eigenvalue weighted by Gasteiger charge is 2.12. The summed E-state index contributed by atoms with van der Waals surface area (Å²) in [7, 11) is 0. The average molecular weight is 432 g/mol. The van der Waals surface area contributed by atoms with Crippen LogP contribution < -0.4 is 5.32 Å². The molecule has 0 saturated carbocycles. The van der Waals surface area contributed by atoms with Crippen LogP contribution in [0.2, 0.25) is 5.02 Å². The van der Waals surface area contributed by atoms with E-state index in [1.54, 1.807) is 40.1 Å². The number of anilines is 1. The van der Waals surface area contributed by atoms with Gasteiger partial charge in [-0.1, -0.05) is 35.9 Å². The summed E-state index contributed by atoms with van der Waals surface area (Å²) in [4.78, 5) is 13.4. The number of thiophene rings is 1. The molecular formula is C22H14ClN5OS. The number of halogens is 1. The molecule has 0 atom stereocenters. The van der Waals surface area contributed by atoms with Crippen LogP contribution in [0.1, 0.15) is 10.4 Å². The summed E-state index contributed by atoms with van der Waals surface area (Å²) in [6.07, 6.45) is 0. The Morgan fingerprint density at radius 3 is 2.60 bits per heavy atom. The molecule has 0 fully saturated rings. The fourth-order valence-electron chi connectivity index (χ4n) is 3.06. The number of amides is 1. The average Bonchev–Trinajstić information content (AvgIpc) is 3.43. The second-order valence-corrected chi connectivity index (χ2v) is 7.92. The van der Waals surface area contributed by atoms with Crippen LogP contribution in [0.3, 0.4) is 0 Å². The SMILES string of the molecule is O=C(Nc1ccc(-c2ccc3nnc(-c4cccs4)n3n2)cc1)c1cccc(Cl)c1. The lowest BCUT2D eigenvalue weighted by Crippen LogP contribution is -2.11. The predicted molar refractivity (Wildman–Crippen MR) is 119 cm³/mol. The van der Waals surface area contributed by atoms with E-state index in [0.29, 0.717) is 27.7 Å². The van der Waals surface area contributed by atoms with E-state index in [9.17, 15) is 4.79 Å². The van der Waals surface area contributed by atoms with E-state index in [1.807, 2.05) is 53.9 Å². The first-order valence-electron chi connectivity index (χ1n) is 9.11. The van der Waals surface area contributed by atoms with E-state index >= 15 is 0 Å². The molecule has 0 aliphatic carbocycles. The first kappa shape index (κ1) is 18.5. The quantitative estimate of drug-likeness (QED) is 0.412. The van der Waals surface area contributed by atoms with Crippen molar-refractivity contribution in [3.8, 4) is 22.0 Å². The molecule has 0 unspecified atom stereocenters. The Morgan fingerprint density at radius 1 is 0.967 bits per heavy atom.